The molecule has 2 N–H and O–H groups in total. The molecule has 0 spiro atoms. The van der Waals surface area contributed by atoms with Crippen molar-refractivity contribution in [2.24, 2.45) is 0 Å². The fourth-order valence-corrected chi connectivity index (χ4v) is 4.88. The van der Waals surface area contributed by atoms with Crippen LogP contribution in [0.15, 0.2) is 23.4 Å². The van der Waals surface area contributed by atoms with Crippen molar-refractivity contribution in [2.45, 2.75) is 11.4 Å². The average molecular weight is 541 g/mol. The lowest BCUT2D eigenvalue weighted by molar-refractivity contribution is -0.911. The second-order valence-corrected chi connectivity index (χ2v) is 8.70. The lowest BCUT2D eigenvalue weighted by Gasteiger charge is -2.49. The molecule has 0 bridgehead atoms. The third-order valence-electron chi connectivity index (χ3n) is 5.05. The zero-order valence-corrected chi connectivity index (χ0v) is 19.4. The van der Waals surface area contributed by atoms with Gasteiger partial charge in [0.1, 0.15) is 30.2 Å². The zero-order valence-electron chi connectivity index (χ0n) is 15.4. The summed E-state index contributed by atoms with van der Waals surface area (Å²) in [5.74, 6) is -1.30. The first-order valence-electron chi connectivity index (χ1n) is 8.70. The number of quaternary nitrogens is 1. The molecule has 0 unspecified atom stereocenters. The molecule has 0 radical (unpaired) electrons. The van der Waals surface area contributed by atoms with E-state index in [1.807, 2.05) is 12.2 Å². The van der Waals surface area contributed by atoms with Crippen molar-refractivity contribution < 1.29 is 45.7 Å². The van der Waals surface area contributed by atoms with Crippen LogP contribution in [0.3, 0.4) is 0 Å². The fourth-order valence-electron chi connectivity index (χ4n) is 3.40. The normalized spacial score (nSPS) is 26.4. The molecule has 28 heavy (non-hydrogen) atoms. The highest BCUT2D eigenvalue weighted by Gasteiger charge is 2.53. The third-order valence-corrected chi connectivity index (χ3v) is 6.87. The van der Waals surface area contributed by atoms with Gasteiger partial charge in [-0.15, -0.1) is 11.8 Å². The van der Waals surface area contributed by atoms with Gasteiger partial charge in [0.25, 0.3) is 5.91 Å². The summed E-state index contributed by atoms with van der Waals surface area (Å²) in [6.45, 7) is 4.09. The Labute approximate surface area is 186 Å². The number of amides is 2. The number of carbonyl (C=O) groups excluding carboxylic acids is 2. The number of aliphatic carboxylic acids is 1. The van der Waals surface area contributed by atoms with E-state index in [0.717, 1.165) is 37.3 Å². The third kappa shape index (κ3) is 4.81. The summed E-state index contributed by atoms with van der Waals surface area (Å²) in [6, 6.07) is -0.669. The van der Waals surface area contributed by atoms with E-state index in [1.54, 1.807) is 0 Å². The molecular formula is C17H23Br2N3O5S. The molecule has 11 heteroatoms. The topological polar surface area (TPSA) is 95.9 Å². The van der Waals surface area contributed by atoms with Gasteiger partial charge in [0.2, 0.25) is 5.91 Å². The van der Waals surface area contributed by atoms with Crippen molar-refractivity contribution >= 4 is 45.5 Å². The average Bonchev–Trinajstić information content (AvgIpc) is 2.65. The number of halogens is 2. The van der Waals surface area contributed by atoms with Crippen molar-refractivity contribution in [3.8, 4) is 0 Å². The number of fused-ring (bicyclic) bond motifs is 1. The minimum atomic E-state index is -1.12. The summed E-state index contributed by atoms with van der Waals surface area (Å²) in [5.41, 5.74) is 0.649. The standard InChI is InChI=1S/C17H22BrN3O5S.BrH/c1-21(5-7-26-8-6-21)4-2-3-11-10-27-16-13(19-12(22)9-18)15(23)20(16)14(11)17(24)25;/h2-3,13,16H,4-10H2,1H3,(H-,19,22,24,25);1H/b3-2+;/t13-,16-;/m1./s1. The molecule has 3 rings (SSSR count). The predicted molar refractivity (Wildman–Crippen MR) is 104 cm³/mol. The smallest absolute Gasteiger partial charge is 0.352 e. The van der Waals surface area contributed by atoms with Crippen LogP contribution in [0.5, 0.6) is 0 Å². The van der Waals surface area contributed by atoms with Crippen molar-refractivity contribution in [2.75, 3.05) is 51.0 Å². The van der Waals surface area contributed by atoms with Crippen molar-refractivity contribution in [3.05, 3.63) is 23.4 Å². The highest BCUT2D eigenvalue weighted by atomic mass is 79.9. The highest BCUT2D eigenvalue weighted by Crippen LogP contribution is 2.40. The summed E-state index contributed by atoms with van der Waals surface area (Å²) in [4.78, 5) is 37.1. The fraction of sp³-hybridized carbons (Fsp3) is 0.588. The van der Waals surface area contributed by atoms with Gasteiger partial charge in [0.15, 0.2) is 0 Å². The molecule has 2 fully saturated rings. The number of morpholine rings is 1. The van der Waals surface area contributed by atoms with Crippen molar-refractivity contribution in [1.82, 2.24) is 10.2 Å². The second-order valence-electron chi connectivity index (χ2n) is 7.03. The van der Waals surface area contributed by atoms with E-state index < -0.39 is 12.0 Å². The monoisotopic (exact) mass is 539 g/mol. The Balaban J connectivity index is 0.00000280. The molecule has 3 heterocycles. The van der Waals surface area contributed by atoms with Crippen molar-refractivity contribution in [3.63, 3.8) is 0 Å². The number of likely N-dealkylation sites (N-methyl/N-ethyl adjacent to an activating group) is 1. The first-order chi connectivity index (χ1) is 12.9. The van der Waals surface area contributed by atoms with E-state index >= 15 is 0 Å². The van der Waals surface area contributed by atoms with Gasteiger partial charge in [0, 0.05) is 5.75 Å². The molecular weight excluding hydrogens is 518 g/mol. The van der Waals surface area contributed by atoms with Gasteiger partial charge in [-0.05, 0) is 11.6 Å². The van der Waals surface area contributed by atoms with E-state index in [1.165, 1.54) is 16.7 Å². The first-order valence-corrected chi connectivity index (χ1v) is 10.9. The minimum Gasteiger partial charge on any atom is -1.00 e. The Hall–Kier alpha value is -0.880. The maximum absolute atomic E-state index is 12.4. The van der Waals surface area contributed by atoms with Crippen LogP contribution in [-0.2, 0) is 19.1 Å². The number of carbonyl (C=O) groups is 3. The van der Waals surface area contributed by atoms with Gasteiger partial charge in [-0.1, -0.05) is 22.0 Å². The second kappa shape index (κ2) is 9.75. The molecule has 0 aliphatic carbocycles. The molecule has 0 aromatic carbocycles. The number of carboxylic acids is 1. The summed E-state index contributed by atoms with van der Waals surface area (Å²) >= 11 is 4.52. The van der Waals surface area contributed by atoms with Crippen LogP contribution >= 0.6 is 27.7 Å². The Morgan fingerprint density at radius 3 is 2.71 bits per heavy atom. The SMILES string of the molecule is C[N+]1(C/C=C/C2=C(C(=O)O)N3C(=O)[C@@H](NC(=O)CBr)[C@H]3SC2)CCOCC1.[Br-]. The maximum atomic E-state index is 12.4. The number of alkyl halides is 1. The van der Waals surface area contributed by atoms with E-state index in [4.69, 9.17) is 4.74 Å². The lowest BCUT2D eigenvalue weighted by atomic mass is 10.0. The number of rotatable bonds is 6. The molecule has 8 nitrogen and oxygen atoms in total. The van der Waals surface area contributed by atoms with Gasteiger partial charge in [-0.3, -0.25) is 14.5 Å². The number of hydrogen-bond acceptors (Lipinski definition) is 5. The largest absolute Gasteiger partial charge is 1.00 e. The summed E-state index contributed by atoms with van der Waals surface area (Å²) in [5, 5.41) is 12.0. The predicted octanol–water partition coefficient (Wildman–Crippen LogP) is -2.84. The number of allylic oxidation sites excluding steroid dienone is 1. The Morgan fingerprint density at radius 1 is 1.43 bits per heavy atom. The molecule has 156 valence electrons. The van der Waals surface area contributed by atoms with Gasteiger partial charge < -0.3 is 36.6 Å². The highest BCUT2D eigenvalue weighted by molar-refractivity contribution is 9.09. The van der Waals surface area contributed by atoms with Crippen LogP contribution in [-0.4, -0.2) is 94.7 Å². The van der Waals surface area contributed by atoms with Gasteiger partial charge in [-0.2, -0.15) is 0 Å². The Bertz CT molecular complexity index is 709. The summed E-state index contributed by atoms with van der Waals surface area (Å²) < 4.78 is 6.25. The van der Waals surface area contributed by atoms with Crippen LogP contribution in [0.4, 0.5) is 0 Å². The van der Waals surface area contributed by atoms with Crippen LogP contribution in [0.25, 0.3) is 0 Å². The Morgan fingerprint density at radius 2 is 2.11 bits per heavy atom. The van der Waals surface area contributed by atoms with Gasteiger partial charge in [0.05, 0.1) is 32.1 Å². The number of thioether (sulfide) groups is 1. The van der Waals surface area contributed by atoms with Crippen molar-refractivity contribution in [1.29, 1.82) is 0 Å². The molecule has 2 amide bonds. The van der Waals surface area contributed by atoms with Gasteiger partial charge >= 0.3 is 5.97 Å². The molecule has 0 aromatic rings. The number of nitrogens with one attached hydrogen (secondary N) is 1. The zero-order chi connectivity index (χ0) is 19.6. The number of hydrogen-bond donors (Lipinski definition) is 2. The maximum Gasteiger partial charge on any atom is 0.352 e. The van der Waals surface area contributed by atoms with Crippen LogP contribution in [0.2, 0.25) is 0 Å². The summed E-state index contributed by atoms with van der Waals surface area (Å²) in [7, 11) is 2.15. The minimum absolute atomic E-state index is 0. The lowest BCUT2D eigenvalue weighted by Crippen LogP contribution is -3.00. The first kappa shape index (κ1) is 23.4. The number of β-lactam (4-membered cyclic amide) rings is 1. The molecule has 3 aliphatic rings. The van der Waals surface area contributed by atoms with E-state index in [2.05, 4.69) is 28.3 Å². The van der Waals surface area contributed by atoms with Crippen LogP contribution < -0.4 is 22.3 Å². The van der Waals surface area contributed by atoms with E-state index in [0.29, 0.717) is 11.3 Å². The summed E-state index contributed by atoms with van der Waals surface area (Å²) in [6.07, 6.45) is 3.81. The number of ether oxygens (including phenoxy) is 1. The Kier molecular flexibility index (Phi) is 8.15. The number of nitrogens with zero attached hydrogens (tertiary/aromatic N) is 2. The molecule has 2 atom stereocenters. The molecule has 0 saturated carbocycles. The molecule has 0 aromatic heterocycles. The van der Waals surface area contributed by atoms with Gasteiger partial charge in [-0.25, -0.2) is 4.79 Å². The van der Waals surface area contributed by atoms with Crippen LogP contribution in [0, 0.1) is 0 Å². The molecule has 3 aliphatic heterocycles. The van der Waals surface area contributed by atoms with E-state index in [-0.39, 0.29) is 45.2 Å². The molecule has 2 saturated heterocycles. The number of carboxylic acid groups (broad SMARTS) is 1. The van der Waals surface area contributed by atoms with E-state index in [9.17, 15) is 19.5 Å². The quantitative estimate of drug-likeness (QED) is 0.214. The van der Waals surface area contributed by atoms with Crippen LogP contribution in [0.1, 0.15) is 0 Å².